The zero-order valence-corrected chi connectivity index (χ0v) is 10.8. The van der Waals surface area contributed by atoms with Crippen molar-refractivity contribution in [2.24, 2.45) is 0 Å². The van der Waals surface area contributed by atoms with Crippen LogP contribution >= 0.6 is 15.9 Å². The van der Waals surface area contributed by atoms with Crippen LogP contribution in [-0.4, -0.2) is 9.55 Å². The van der Waals surface area contributed by atoms with Crippen LogP contribution in [0.4, 0.5) is 0 Å². The first-order valence-corrected chi connectivity index (χ1v) is 6.26. The third kappa shape index (κ3) is 2.11. The molecule has 2 aromatic carbocycles. The molecule has 3 heteroatoms. The lowest BCUT2D eigenvalue weighted by atomic mass is 10.2. The van der Waals surface area contributed by atoms with Gasteiger partial charge in [0.15, 0.2) is 0 Å². The minimum Gasteiger partial charge on any atom is -0.326 e. The Hall–Kier alpha value is -1.61. The summed E-state index contributed by atoms with van der Waals surface area (Å²) in [5, 5.41) is 0. The van der Waals surface area contributed by atoms with Gasteiger partial charge < -0.3 is 4.57 Å². The molecule has 3 aromatic rings. The molecule has 2 nitrogen and oxygen atoms in total. The van der Waals surface area contributed by atoms with E-state index in [-0.39, 0.29) is 0 Å². The fourth-order valence-electron chi connectivity index (χ4n) is 1.94. The lowest BCUT2D eigenvalue weighted by Gasteiger charge is -2.04. The summed E-state index contributed by atoms with van der Waals surface area (Å²) in [4.78, 5) is 4.41. The molecule has 0 unspecified atom stereocenters. The summed E-state index contributed by atoms with van der Waals surface area (Å²) in [5.41, 5.74) is 3.47. The Balaban J connectivity index is 2.01. The number of imidazole rings is 1. The number of halogens is 1. The molecule has 0 aliphatic rings. The van der Waals surface area contributed by atoms with Gasteiger partial charge >= 0.3 is 0 Å². The zero-order valence-electron chi connectivity index (χ0n) is 9.18. The molecule has 0 amide bonds. The van der Waals surface area contributed by atoms with Crippen molar-refractivity contribution in [3.8, 4) is 0 Å². The van der Waals surface area contributed by atoms with Gasteiger partial charge in [-0.25, -0.2) is 4.98 Å². The van der Waals surface area contributed by atoms with Crippen molar-refractivity contribution in [3.63, 3.8) is 0 Å². The predicted octanol–water partition coefficient (Wildman–Crippen LogP) is 3.85. The number of rotatable bonds is 2. The first-order chi connectivity index (χ1) is 8.33. The molecule has 17 heavy (non-hydrogen) atoms. The standard InChI is InChI=1S/C14H11BrN2/c15-12-6-7-14-13(8-12)16-10-17(14)9-11-4-2-1-3-5-11/h1-8,10H,9H2. The fourth-order valence-corrected chi connectivity index (χ4v) is 2.29. The normalized spacial score (nSPS) is 10.9. The Morgan fingerprint density at radius 3 is 2.71 bits per heavy atom. The van der Waals surface area contributed by atoms with Gasteiger partial charge in [0.25, 0.3) is 0 Å². The van der Waals surface area contributed by atoms with Crippen LogP contribution in [0.3, 0.4) is 0 Å². The molecule has 3 rings (SSSR count). The first kappa shape index (κ1) is 10.5. The second kappa shape index (κ2) is 4.34. The molecular formula is C14H11BrN2. The highest BCUT2D eigenvalue weighted by atomic mass is 79.9. The molecule has 0 atom stereocenters. The third-order valence-corrected chi connectivity index (χ3v) is 3.27. The summed E-state index contributed by atoms with van der Waals surface area (Å²) in [6.07, 6.45) is 1.89. The summed E-state index contributed by atoms with van der Waals surface area (Å²) in [6, 6.07) is 16.6. The number of aromatic nitrogens is 2. The van der Waals surface area contributed by atoms with E-state index in [1.807, 2.05) is 24.5 Å². The summed E-state index contributed by atoms with van der Waals surface area (Å²) in [6.45, 7) is 0.860. The Kier molecular flexibility index (Phi) is 2.69. The Bertz CT molecular complexity index is 644. The van der Waals surface area contributed by atoms with Gasteiger partial charge in [-0.3, -0.25) is 0 Å². The highest BCUT2D eigenvalue weighted by molar-refractivity contribution is 9.10. The van der Waals surface area contributed by atoms with E-state index in [0.717, 1.165) is 22.1 Å². The quantitative estimate of drug-likeness (QED) is 0.700. The minimum absolute atomic E-state index is 0.860. The van der Waals surface area contributed by atoms with E-state index in [1.165, 1.54) is 5.56 Å². The number of benzene rings is 2. The highest BCUT2D eigenvalue weighted by Gasteiger charge is 2.03. The van der Waals surface area contributed by atoms with Crippen LogP contribution in [0.2, 0.25) is 0 Å². The molecule has 84 valence electrons. The zero-order chi connectivity index (χ0) is 11.7. The largest absolute Gasteiger partial charge is 0.326 e. The molecule has 0 N–H and O–H groups in total. The molecule has 0 aliphatic heterocycles. The molecule has 0 saturated heterocycles. The molecular weight excluding hydrogens is 276 g/mol. The Morgan fingerprint density at radius 1 is 1.06 bits per heavy atom. The number of nitrogens with zero attached hydrogens (tertiary/aromatic N) is 2. The molecule has 0 radical (unpaired) electrons. The SMILES string of the molecule is Brc1ccc2c(c1)ncn2Cc1ccccc1. The molecule has 0 spiro atoms. The van der Waals surface area contributed by atoms with E-state index in [0.29, 0.717) is 0 Å². The lowest BCUT2D eigenvalue weighted by molar-refractivity contribution is 0.824. The van der Waals surface area contributed by atoms with Crippen LogP contribution in [0.15, 0.2) is 59.3 Å². The van der Waals surface area contributed by atoms with Crippen molar-refractivity contribution in [1.82, 2.24) is 9.55 Å². The second-order valence-corrected chi connectivity index (χ2v) is 4.91. The molecule has 1 heterocycles. The van der Waals surface area contributed by atoms with Crippen molar-refractivity contribution in [1.29, 1.82) is 0 Å². The highest BCUT2D eigenvalue weighted by Crippen LogP contribution is 2.19. The van der Waals surface area contributed by atoms with Gasteiger partial charge in [0.2, 0.25) is 0 Å². The lowest BCUT2D eigenvalue weighted by Crippen LogP contribution is -1.97. The summed E-state index contributed by atoms with van der Waals surface area (Å²) >= 11 is 3.46. The monoisotopic (exact) mass is 286 g/mol. The van der Waals surface area contributed by atoms with E-state index in [9.17, 15) is 0 Å². The predicted molar refractivity (Wildman–Crippen MR) is 73.0 cm³/mol. The van der Waals surface area contributed by atoms with E-state index < -0.39 is 0 Å². The first-order valence-electron chi connectivity index (χ1n) is 5.47. The van der Waals surface area contributed by atoms with Crippen molar-refractivity contribution in [2.45, 2.75) is 6.54 Å². The van der Waals surface area contributed by atoms with Crippen molar-refractivity contribution < 1.29 is 0 Å². The van der Waals surface area contributed by atoms with Crippen LogP contribution < -0.4 is 0 Å². The van der Waals surface area contributed by atoms with Gasteiger partial charge in [0.05, 0.1) is 17.4 Å². The number of hydrogen-bond acceptors (Lipinski definition) is 1. The molecule has 1 aromatic heterocycles. The molecule has 0 bridgehead atoms. The van der Waals surface area contributed by atoms with Crippen molar-refractivity contribution >= 4 is 27.0 Å². The van der Waals surface area contributed by atoms with E-state index in [4.69, 9.17) is 0 Å². The Morgan fingerprint density at radius 2 is 1.88 bits per heavy atom. The van der Waals surface area contributed by atoms with Crippen molar-refractivity contribution in [3.05, 3.63) is 64.9 Å². The average Bonchev–Trinajstić information content (AvgIpc) is 2.73. The van der Waals surface area contributed by atoms with Crippen LogP contribution in [0.5, 0.6) is 0 Å². The fraction of sp³-hybridized carbons (Fsp3) is 0.0714. The number of hydrogen-bond donors (Lipinski definition) is 0. The maximum absolute atomic E-state index is 4.41. The smallest absolute Gasteiger partial charge is 0.0961 e. The van der Waals surface area contributed by atoms with Gasteiger partial charge in [0.1, 0.15) is 0 Å². The Labute approximate surface area is 108 Å². The van der Waals surface area contributed by atoms with Gasteiger partial charge in [0, 0.05) is 11.0 Å². The van der Waals surface area contributed by atoms with Crippen LogP contribution in [0.25, 0.3) is 11.0 Å². The van der Waals surface area contributed by atoms with Gasteiger partial charge in [-0.1, -0.05) is 46.3 Å². The maximum atomic E-state index is 4.41. The summed E-state index contributed by atoms with van der Waals surface area (Å²) in [7, 11) is 0. The van der Waals surface area contributed by atoms with Crippen LogP contribution in [0, 0.1) is 0 Å². The second-order valence-electron chi connectivity index (χ2n) is 3.99. The van der Waals surface area contributed by atoms with Crippen LogP contribution in [-0.2, 0) is 6.54 Å². The van der Waals surface area contributed by atoms with Crippen molar-refractivity contribution in [2.75, 3.05) is 0 Å². The van der Waals surface area contributed by atoms with Gasteiger partial charge in [-0.05, 0) is 23.8 Å². The molecule has 0 aliphatic carbocycles. The third-order valence-electron chi connectivity index (χ3n) is 2.78. The van der Waals surface area contributed by atoms with Gasteiger partial charge in [-0.15, -0.1) is 0 Å². The summed E-state index contributed by atoms with van der Waals surface area (Å²) in [5.74, 6) is 0. The van der Waals surface area contributed by atoms with E-state index in [1.54, 1.807) is 0 Å². The summed E-state index contributed by atoms with van der Waals surface area (Å²) < 4.78 is 3.23. The number of fused-ring (bicyclic) bond motifs is 1. The maximum Gasteiger partial charge on any atom is 0.0961 e. The van der Waals surface area contributed by atoms with E-state index in [2.05, 4.69) is 55.8 Å². The average molecular weight is 287 g/mol. The minimum atomic E-state index is 0.860. The van der Waals surface area contributed by atoms with Crippen LogP contribution in [0.1, 0.15) is 5.56 Å². The topological polar surface area (TPSA) is 17.8 Å². The van der Waals surface area contributed by atoms with E-state index >= 15 is 0 Å². The van der Waals surface area contributed by atoms with Gasteiger partial charge in [-0.2, -0.15) is 0 Å². The molecule has 0 saturated carbocycles. The molecule has 0 fully saturated rings.